The SMILES string of the molecule is CCN(C)C(C)OC(=O)CO/N=C(\C)c1ccc(Cl)cc1. The van der Waals surface area contributed by atoms with Crippen molar-refractivity contribution >= 4 is 23.3 Å². The fourth-order valence-electron chi connectivity index (χ4n) is 1.50. The first-order valence-corrected chi connectivity index (χ1v) is 7.14. The minimum atomic E-state index is -0.449. The van der Waals surface area contributed by atoms with E-state index in [1.165, 1.54) is 0 Å². The van der Waals surface area contributed by atoms with Gasteiger partial charge < -0.3 is 9.57 Å². The van der Waals surface area contributed by atoms with Crippen molar-refractivity contribution in [2.24, 2.45) is 5.16 Å². The summed E-state index contributed by atoms with van der Waals surface area (Å²) in [6.07, 6.45) is -0.285. The highest BCUT2D eigenvalue weighted by Gasteiger charge is 2.13. The van der Waals surface area contributed by atoms with Crippen LogP contribution < -0.4 is 0 Å². The van der Waals surface area contributed by atoms with Crippen LogP contribution >= 0.6 is 11.6 Å². The molecule has 0 amide bonds. The largest absolute Gasteiger partial charge is 0.444 e. The normalized spacial score (nSPS) is 13.1. The van der Waals surface area contributed by atoms with Crippen LogP contribution in [0.2, 0.25) is 5.02 Å². The average Bonchev–Trinajstić information content (AvgIpc) is 2.46. The summed E-state index contributed by atoms with van der Waals surface area (Å²) in [7, 11) is 1.88. The van der Waals surface area contributed by atoms with Crippen molar-refractivity contribution in [3.8, 4) is 0 Å². The van der Waals surface area contributed by atoms with Crippen LogP contribution in [0.3, 0.4) is 0 Å². The molecule has 0 saturated carbocycles. The highest BCUT2D eigenvalue weighted by Crippen LogP contribution is 2.10. The second-order valence-electron chi connectivity index (χ2n) is 4.62. The zero-order valence-electron chi connectivity index (χ0n) is 12.8. The molecule has 0 radical (unpaired) electrons. The van der Waals surface area contributed by atoms with E-state index in [9.17, 15) is 4.79 Å². The highest BCUT2D eigenvalue weighted by atomic mass is 35.5. The van der Waals surface area contributed by atoms with E-state index in [1.54, 1.807) is 19.1 Å². The Hall–Kier alpha value is -1.59. The minimum absolute atomic E-state index is 0.215. The van der Waals surface area contributed by atoms with E-state index in [1.807, 2.05) is 37.9 Å². The predicted octanol–water partition coefficient (Wildman–Crippen LogP) is 2.92. The monoisotopic (exact) mass is 312 g/mol. The van der Waals surface area contributed by atoms with Crippen molar-refractivity contribution in [1.29, 1.82) is 0 Å². The van der Waals surface area contributed by atoms with Crippen molar-refractivity contribution in [1.82, 2.24) is 4.90 Å². The molecule has 5 nitrogen and oxygen atoms in total. The van der Waals surface area contributed by atoms with Gasteiger partial charge in [-0.2, -0.15) is 0 Å². The summed E-state index contributed by atoms with van der Waals surface area (Å²) in [6, 6.07) is 7.21. The Morgan fingerprint density at radius 3 is 2.57 bits per heavy atom. The van der Waals surface area contributed by atoms with Gasteiger partial charge in [0.05, 0.1) is 5.71 Å². The molecular weight excluding hydrogens is 292 g/mol. The van der Waals surface area contributed by atoms with Gasteiger partial charge in [-0.1, -0.05) is 35.8 Å². The summed E-state index contributed by atoms with van der Waals surface area (Å²) in [5.74, 6) is -0.449. The van der Waals surface area contributed by atoms with Crippen molar-refractivity contribution < 1.29 is 14.4 Å². The Kier molecular flexibility index (Phi) is 7.19. The molecule has 0 aliphatic heterocycles. The number of nitrogens with zero attached hydrogens (tertiary/aromatic N) is 2. The first-order valence-electron chi connectivity index (χ1n) is 6.76. The number of oxime groups is 1. The molecule has 1 aromatic carbocycles. The molecule has 21 heavy (non-hydrogen) atoms. The lowest BCUT2D eigenvalue weighted by Gasteiger charge is -2.22. The number of esters is 1. The van der Waals surface area contributed by atoms with Gasteiger partial charge in [0.15, 0.2) is 6.23 Å². The molecule has 116 valence electrons. The Morgan fingerprint density at radius 2 is 2.00 bits per heavy atom. The summed E-state index contributed by atoms with van der Waals surface area (Å²) in [5.41, 5.74) is 1.55. The molecule has 0 fully saturated rings. The van der Waals surface area contributed by atoms with Crippen LogP contribution in [0.25, 0.3) is 0 Å². The lowest BCUT2D eigenvalue weighted by molar-refractivity contribution is -0.161. The van der Waals surface area contributed by atoms with Crippen molar-refractivity contribution in [3.05, 3.63) is 34.9 Å². The Bertz CT molecular complexity index is 488. The molecule has 6 heteroatoms. The van der Waals surface area contributed by atoms with Crippen LogP contribution in [-0.2, 0) is 14.4 Å². The summed E-state index contributed by atoms with van der Waals surface area (Å²) >= 11 is 5.81. The number of carbonyl (C=O) groups excluding carboxylic acids is 1. The summed E-state index contributed by atoms with van der Waals surface area (Å²) in [4.78, 5) is 18.5. The zero-order chi connectivity index (χ0) is 15.8. The van der Waals surface area contributed by atoms with Gasteiger partial charge in [0.1, 0.15) is 0 Å². The van der Waals surface area contributed by atoms with Gasteiger partial charge in [0.25, 0.3) is 0 Å². The third-order valence-corrected chi connectivity index (χ3v) is 3.32. The van der Waals surface area contributed by atoms with Crippen LogP contribution in [0.4, 0.5) is 0 Å². The van der Waals surface area contributed by atoms with E-state index in [0.717, 1.165) is 12.1 Å². The summed E-state index contributed by atoms with van der Waals surface area (Å²) in [5, 5.41) is 4.55. The number of hydrogen-bond donors (Lipinski definition) is 0. The number of halogens is 1. The van der Waals surface area contributed by atoms with E-state index in [0.29, 0.717) is 10.7 Å². The molecule has 1 rings (SSSR count). The number of ether oxygens (including phenoxy) is 1. The van der Waals surface area contributed by atoms with Gasteiger partial charge >= 0.3 is 5.97 Å². The topological polar surface area (TPSA) is 51.1 Å². The first-order chi connectivity index (χ1) is 9.93. The Balaban J connectivity index is 2.43. The smallest absolute Gasteiger partial charge is 0.348 e. The quantitative estimate of drug-likeness (QED) is 0.336. The maximum Gasteiger partial charge on any atom is 0.348 e. The van der Waals surface area contributed by atoms with Gasteiger partial charge in [0.2, 0.25) is 6.61 Å². The van der Waals surface area contributed by atoms with E-state index in [4.69, 9.17) is 21.2 Å². The predicted molar refractivity (Wildman–Crippen MR) is 83.5 cm³/mol. The fourth-order valence-corrected chi connectivity index (χ4v) is 1.62. The molecule has 0 aliphatic carbocycles. The van der Waals surface area contributed by atoms with Gasteiger partial charge in [-0.3, -0.25) is 4.90 Å². The number of hydrogen-bond acceptors (Lipinski definition) is 5. The van der Waals surface area contributed by atoms with Crippen LogP contribution in [-0.4, -0.2) is 43.0 Å². The van der Waals surface area contributed by atoms with Crippen LogP contribution in [0, 0.1) is 0 Å². The molecule has 0 aromatic heterocycles. The van der Waals surface area contributed by atoms with Crippen LogP contribution in [0.15, 0.2) is 29.4 Å². The van der Waals surface area contributed by atoms with Gasteiger partial charge in [-0.15, -0.1) is 0 Å². The molecule has 1 atom stereocenters. The highest BCUT2D eigenvalue weighted by molar-refractivity contribution is 6.30. The second kappa shape index (κ2) is 8.64. The van der Waals surface area contributed by atoms with Gasteiger partial charge in [-0.25, -0.2) is 4.79 Å². The minimum Gasteiger partial charge on any atom is -0.444 e. The van der Waals surface area contributed by atoms with Crippen molar-refractivity contribution in [2.75, 3.05) is 20.2 Å². The Labute approximate surface area is 130 Å². The van der Waals surface area contributed by atoms with E-state index >= 15 is 0 Å². The molecule has 0 saturated heterocycles. The lowest BCUT2D eigenvalue weighted by atomic mass is 10.1. The van der Waals surface area contributed by atoms with Gasteiger partial charge in [-0.05, 0) is 45.1 Å². The number of rotatable bonds is 7. The third-order valence-electron chi connectivity index (χ3n) is 3.07. The zero-order valence-corrected chi connectivity index (χ0v) is 13.6. The first kappa shape index (κ1) is 17.5. The van der Waals surface area contributed by atoms with Crippen molar-refractivity contribution in [3.63, 3.8) is 0 Å². The summed E-state index contributed by atoms with van der Waals surface area (Å²) in [6.45, 7) is 6.17. The fraction of sp³-hybridized carbons (Fsp3) is 0.467. The lowest BCUT2D eigenvalue weighted by Crippen LogP contribution is -2.34. The molecular formula is C15H21ClN2O3. The molecule has 0 spiro atoms. The van der Waals surface area contributed by atoms with Crippen LogP contribution in [0.1, 0.15) is 26.3 Å². The molecule has 0 bridgehead atoms. The maximum absolute atomic E-state index is 11.6. The van der Waals surface area contributed by atoms with E-state index in [2.05, 4.69) is 5.16 Å². The summed E-state index contributed by atoms with van der Waals surface area (Å²) < 4.78 is 5.18. The van der Waals surface area contributed by atoms with Crippen LogP contribution in [0.5, 0.6) is 0 Å². The molecule has 0 heterocycles. The molecule has 0 N–H and O–H groups in total. The third kappa shape index (κ3) is 6.14. The maximum atomic E-state index is 11.6. The number of carbonyl (C=O) groups is 1. The Morgan fingerprint density at radius 1 is 1.38 bits per heavy atom. The molecule has 1 aromatic rings. The number of benzene rings is 1. The molecule has 0 aliphatic rings. The van der Waals surface area contributed by atoms with Gasteiger partial charge in [0, 0.05) is 5.02 Å². The molecule has 1 unspecified atom stereocenters. The van der Waals surface area contributed by atoms with E-state index in [-0.39, 0.29) is 12.8 Å². The van der Waals surface area contributed by atoms with E-state index < -0.39 is 5.97 Å². The van der Waals surface area contributed by atoms with Crippen molar-refractivity contribution in [2.45, 2.75) is 27.0 Å². The average molecular weight is 313 g/mol. The standard InChI is InChI=1S/C15H21ClN2O3/c1-5-18(4)12(3)21-15(19)10-20-17-11(2)13-6-8-14(16)9-7-13/h6-9,12H,5,10H2,1-4H3/b17-11+. The second-order valence-corrected chi connectivity index (χ2v) is 5.06.